The molecule has 2 aliphatic carbocycles. The summed E-state index contributed by atoms with van der Waals surface area (Å²) in [6.07, 6.45) is 4.91. The van der Waals surface area contributed by atoms with E-state index in [-0.39, 0.29) is 18.6 Å². The summed E-state index contributed by atoms with van der Waals surface area (Å²) < 4.78 is 10.6. The van der Waals surface area contributed by atoms with Crippen LogP contribution in [0.2, 0.25) is 0 Å². The van der Waals surface area contributed by atoms with Gasteiger partial charge in [-0.25, -0.2) is 0 Å². The van der Waals surface area contributed by atoms with Crippen molar-refractivity contribution in [1.82, 2.24) is 0 Å². The van der Waals surface area contributed by atoms with Crippen LogP contribution in [-0.4, -0.2) is 12.7 Å². The normalized spacial score (nSPS) is 29.7. The molecular weight excluding hydrogens is 256 g/mol. The smallest absolute Gasteiger partial charge is 0.231 e. The third kappa shape index (κ3) is 1.80. The highest BCUT2D eigenvalue weighted by atomic mass is 16.7. The number of nitrogens with one attached hydrogen (secondary N) is 1. The molecule has 0 bridgehead atoms. The van der Waals surface area contributed by atoms with Gasteiger partial charge in [0, 0.05) is 18.1 Å². The zero-order chi connectivity index (χ0) is 13.7. The fourth-order valence-electron chi connectivity index (χ4n) is 3.66. The quantitative estimate of drug-likeness (QED) is 0.812. The zero-order valence-corrected chi connectivity index (χ0v) is 11.2. The number of carbonyl (C=O) groups excluding carboxylic acids is 1. The van der Waals surface area contributed by atoms with Gasteiger partial charge in [-0.05, 0) is 24.7 Å². The predicted molar refractivity (Wildman–Crippen MR) is 74.5 cm³/mol. The van der Waals surface area contributed by atoms with Gasteiger partial charge in [-0.3, -0.25) is 4.79 Å². The van der Waals surface area contributed by atoms with Gasteiger partial charge in [-0.1, -0.05) is 12.8 Å². The maximum atomic E-state index is 12.4. The van der Waals surface area contributed by atoms with Gasteiger partial charge in [-0.2, -0.15) is 0 Å². The fraction of sp³-hybridized carbons (Fsp3) is 0.533. The van der Waals surface area contributed by atoms with Crippen LogP contribution in [-0.2, 0) is 4.79 Å². The lowest BCUT2D eigenvalue weighted by molar-refractivity contribution is -0.117. The Morgan fingerprint density at radius 2 is 1.80 bits per heavy atom. The molecule has 0 spiro atoms. The van der Waals surface area contributed by atoms with E-state index in [4.69, 9.17) is 15.2 Å². The maximum Gasteiger partial charge on any atom is 0.231 e. The van der Waals surface area contributed by atoms with Crippen molar-refractivity contribution in [3.05, 3.63) is 12.1 Å². The number of nitrogen functional groups attached to an aromatic ring is 1. The van der Waals surface area contributed by atoms with Crippen molar-refractivity contribution in [2.24, 2.45) is 17.8 Å². The minimum absolute atomic E-state index is 0.104. The van der Waals surface area contributed by atoms with E-state index >= 15 is 0 Å². The van der Waals surface area contributed by atoms with Gasteiger partial charge in [0.25, 0.3) is 0 Å². The summed E-state index contributed by atoms with van der Waals surface area (Å²) in [6, 6.07) is 3.46. The number of hydrogen-bond acceptors (Lipinski definition) is 4. The first kappa shape index (κ1) is 11.9. The number of carbonyl (C=O) groups is 1. The molecule has 2 atom stereocenters. The van der Waals surface area contributed by atoms with Crippen molar-refractivity contribution >= 4 is 17.3 Å². The lowest BCUT2D eigenvalue weighted by Gasteiger charge is -2.09. The van der Waals surface area contributed by atoms with Gasteiger partial charge in [-0.15, -0.1) is 0 Å². The molecule has 1 aromatic rings. The van der Waals surface area contributed by atoms with E-state index in [1.54, 1.807) is 12.1 Å². The van der Waals surface area contributed by atoms with Gasteiger partial charge < -0.3 is 20.5 Å². The van der Waals surface area contributed by atoms with Crippen molar-refractivity contribution in [3.63, 3.8) is 0 Å². The highest BCUT2D eigenvalue weighted by molar-refractivity contribution is 5.98. The average Bonchev–Trinajstić information content (AvgIpc) is 3.02. The van der Waals surface area contributed by atoms with Crippen molar-refractivity contribution in [2.75, 3.05) is 17.8 Å². The molecule has 2 saturated carbocycles. The average molecular weight is 274 g/mol. The molecule has 2 unspecified atom stereocenters. The molecule has 2 fully saturated rings. The third-order valence-electron chi connectivity index (χ3n) is 4.76. The van der Waals surface area contributed by atoms with Gasteiger partial charge >= 0.3 is 0 Å². The van der Waals surface area contributed by atoms with Gasteiger partial charge in [0.05, 0.1) is 11.4 Å². The van der Waals surface area contributed by atoms with Crippen LogP contribution in [0.3, 0.4) is 0 Å². The molecule has 1 aliphatic heterocycles. The summed E-state index contributed by atoms with van der Waals surface area (Å²) in [4.78, 5) is 12.4. The van der Waals surface area contributed by atoms with Crippen molar-refractivity contribution in [1.29, 1.82) is 0 Å². The Labute approximate surface area is 117 Å². The minimum Gasteiger partial charge on any atom is -0.454 e. The Kier molecular flexibility index (Phi) is 2.55. The topological polar surface area (TPSA) is 73.6 Å². The van der Waals surface area contributed by atoms with Crippen LogP contribution in [0.4, 0.5) is 11.4 Å². The van der Waals surface area contributed by atoms with Gasteiger partial charge in [0.1, 0.15) is 0 Å². The maximum absolute atomic E-state index is 12.4. The standard InChI is InChI=1S/C15H18N2O3/c16-10-5-12-13(20-7-19-12)6-11(10)17-15(18)14-8-3-1-2-4-9(8)14/h5-6,8-9,14H,1-4,7,16H2,(H,17,18). The Hall–Kier alpha value is -1.91. The van der Waals surface area contributed by atoms with E-state index in [0.717, 1.165) is 0 Å². The van der Waals surface area contributed by atoms with Crippen LogP contribution >= 0.6 is 0 Å². The number of anilines is 2. The molecule has 0 aromatic heterocycles. The number of hydrogen-bond donors (Lipinski definition) is 2. The van der Waals surface area contributed by atoms with Crippen LogP contribution in [0.1, 0.15) is 25.7 Å². The SMILES string of the molecule is Nc1cc2c(cc1NC(=O)C1C3CCCCC31)OCO2. The summed E-state index contributed by atoms with van der Waals surface area (Å²) in [5, 5.41) is 2.96. The van der Waals surface area contributed by atoms with Crippen molar-refractivity contribution < 1.29 is 14.3 Å². The summed E-state index contributed by atoms with van der Waals surface area (Å²) in [5.74, 6) is 2.76. The highest BCUT2D eigenvalue weighted by Crippen LogP contribution is 2.55. The molecule has 1 heterocycles. The van der Waals surface area contributed by atoms with Crippen LogP contribution in [0.15, 0.2) is 12.1 Å². The number of amides is 1. The van der Waals surface area contributed by atoms with E-state index in [1.165, 1.54) is 25.7 Å². The molecule has 0 radical (unpaired) electrons. The van der Waals surface area contributed by atoms with Crippen LogP contribution in [0.25, 0.3) is 0 Å². The molecule has 5 heteroatoms. The monoisotopic (exact) mass is 274 g/mol. The number of rotatable bonds is 2. The largest absolute Gasteiger partial charge is 0.454 e. The van der Waals surface area contributed by atoms with Crippen molar-refractivity contribution in [2.45, 2.75) is 25.7 Å². The number of fused-ring (bicyclic) bond motifs is 2. The molecule has 0 saturated heterocycles. The molecule has 20 heavy (non-hydrogen) atoms. The lowest BCUT2D eigenvalue weighted by Crippen LogP contribution is -2.16. The summed E-state index contributed by atoms with van der Waals surface area (Å²) in [7, 11) is 0. The van der Waals surface area contributed by atoms with Crippen LogP contribution < -0.4 is 20.5 Å². The third-order valence-corrected chi connectivity index (χ3v) is 4.76. The molecule has 4 rings (SSSR count). The number of nitrogens with two attached hydrogens (primary N) is 1. The van der Waals surface area contributed by atoms with E-state index in [9.17, 15) is 4.79 Å². The molecule has 1 aromatic carbocycles. The Bertz CT molecular complexity index is 560. The second-order valence-electron chi connectivity index (χ2n) is 5.92. The second kappa shape index (κ2) is 4.30. The van der Waals surface area contributed by atoms with Crippen molar-refractivity contribution in [3.8, 4) is 11.5 Å². The highest BCUT2D eigenvalue weighted by Gasteiger charge is 2.54. The number of ether oxygens (including phenoxy) is 2. The minimum atomic E-state index is 0.104. The molecule has 3 aliphatic rings. The zero-order valence-electron chi connectivity index (χ0n) is 11.2. The first-order chi connectivity index (χ1) is 9.74. The Morgan fingerprint density at radius 3 is 2.50 bits per heavy atom. The molecular formula is C15H18N2O3. The van der Waals surface area contributed by atoms with Crippen LogP contribution in [0, 0.1) is 17.8 Å². The van der Waals surface area contributed by atoms with E-state index < -0.39 is 0 Å². The molecule has 5 nitrogen and oxygen atoms in total. The first-order valence-electron chi connectivity index (χ1n) is 7.24. The van der Waals surface area contributed by atoms with E-state index in [0.29, 0.717) is 34.7 Å². The van der Waals surface area contributed by atoms with E-state index in [1.807, 2.05) is 0 Å². The molecule has 1 amide bonds. The molecule has 106 valence electrons. The second-order valence-corrected chi connectivity index (χ2v) is 5.92. The Balaban J connectivity index is 1.50. The number of benzene rings is 1. The lowest BCUT2D eigenvalue weighted by atomic mass is 10.0. The van der Waals surface area contributed by atoms with E-state index in [2.05, 4.69) is 5.32 Å². The predicted octanol–water partition coefficient (Wildman–Crippen LogP) is 2.37. The Morgan fingerprint density at radius 1 is 1.15 bits per heavy atom. The molecule has 3 N–H and O–H groups in total. The summed E-state index contributed by atoms with van der Waals surface area (Å²) in [5.41, 5.74) is 7.11. The van der Waals surface area contributed by atoms with Gasteiger partial charge in [0.2, 0.25) is 12.7 Å². The van der Waals surface area contributed by atoms with Gasteiger partial charge in [0.15, 0.2) is 11.5 Å². The summed E-state index contributed by atoms with van der Waals surface area (Å²) in [6.45, 7) is 0.207. The summed E-state index contributed by atoms with van der Waals surface area (Å²) >= 11 is 0. The fourth-order valence-corrected chi connectivity index (χ4v) is 3.66. The first-order valence-corrected chi connectivity index (χ1v) is 7.24. The van der Waals surface area contributed by atoms with Crippen LogP contribution in [0.5, 0.6) is 11.5 Å².